The number of carboxylic acids is 1. The quantitative estimate of drug-likeness (QED) is 0.172. The van der Waals surface area contributed by atoms with Crippen molar-refractivity contribution in [2.75, 3.05) is 10.4 Å². The fourth-order valence-electron chi connectivity index (χ4n) is 7.15. The van der Waals surface area contributed by atoms with Crippen LogP contribution in [-0.4, -0.2) is 71.4 Å². The van der Waals surface area contributed by atoms with Gasteiger partial charge in [0.2, 0.25) is 11.8 Å². The number of aromatic carboxylic acids is 1. The number of allylic oxidation sites excluding steroid dienone is 2. The van der Waals surface area contributed by atoms with Crippen LogP contribution in [0.2, 0.25) is 0 Å². The number of imide groups is 2. The Kier molecular flexibility index (Phi) is 7.41. The number of fused-ring (bicyclic) bond motifs is 4. The monoisotopic (exact) mass is 746 g/mol. The van der Waals surface area contributed by atoms with E-state index in [1.54, 1.807) is 0 Å². The minimum Gasteiger partial charge on any atom is -0.508 e. The first-order chi connectivity index (χ1) is 21.5. The van der Waals surface area contributed by atoms with E-state index in [4.69, 9.17) is 23.2 Å². The lowest BCUT2D eigenvalue weighted by molar-refractivity contribution is -0.274. The SMILES string of the molecule is O=C(O)c1ccc(N2C(=O)C3CC=C4C(CC5(Cl)C(=O)N(CBr)C(=O)C5(Cl)C4c4cc(OC(F)(F)F)ccc4O)C3C2=O)cc1O. The number of hydrogen-bond acceptors (Lipinski definition) is 8. The van der Waals surface area contributed by atoms with Gasteiger partial charge in [-0.2, -0.15) is 0 Å². The van der Waals surface area contributed by atoms with Crippen molar-refractivity contribution in [3.05, 3.63) is 59.2 Å². The summed E-state index contributed by atoms with van der Waals surface area (Å²) in [5.41, 5.74) is -1.09. The summed E-state index contributed by atoms with van der Waals surface area (Å²) in [7, 11) is 0. The maximum Gasteiger partial charge on any atom is 0.573 e. The topological polar surface area (TPSA) is 162 Å². The van der Waals surface area contributed by atoms with Crippen LogP contribution < -0.4 is 9.64 Å². The number of carbonyl (C=O) groups is 5. The third-order valence-corrected chi connectivity index (χ3v) is 10.9. The molecule has 2 aromatic carbocycles. The molecule has 1 saturated carbocycles. The predicted octanol–water partition coefficient (Wildman–Crippen LogP) is 4.61. The Bertz CT molecular complexity index is 1790. The number of halogens is 6. The lowest BCUT2D eigenvalue weighted by atomic mass is 9.56. The van der Waals surface area contributed by atoms with Crippen LogP contribution in [0.5, 0.6) is 17.2 Å². The van der Waals surface area contributed by atoms with Gasteiger partial charge in [0.05, 0.1) is 23.0 Å². The highest BCUT2D eigenvalue weighted by atomic mass is 79.9. The molecule has 4 amide bonds. The first-order valence-corrected chi connectivity index (χ1v) is 15.4. The van der Waals surface area contributed by atoms with Gasteiger partial charge in [-0.3, -0.25) is 24.1 Å². The van der Waals surface area contributed by atoms with Gasteiger partial charge >= 0.3 is 12.3 Å². The zero-order valence-corrected chi connectivity index (χ0v) is 26.0. The van der Waals surface area contributed by atoms with Crippen LogP contribution in [0.15, 0.2) is 48.0 Å². The predicted molar refractivity (Wildman–Crippen MR) is 156 cm³/mol. The molecule has 0 spiro atoms. The highest BCUT2D eigenvalue weighted by molar-refractivity contribution is 9.09. The molecule has 2 heterocycles. The van der Waals surface area contributed by atoms with Crippen molar-refractivity contribution in [3.8, 4) is 17.2 Å². The zero-order chi connectivity index (χ0) is 33.7. The molecule has 6 rings (SSSR count). The molecular weight excluding hydrogens is 728 g/mol. The van der Waals surface area contributed by atoms with Crippen molar-refractivity contribution in [3.63, 3.8) is 0 Å². The summed E-state index contributed by atoms with van der Waals surface area (Å²) in [5.74, 6) is -11.9. The molecule has 2 aliphatic carbocycles. The minimum absolute atomic E-state index is 0.112. The number of carbonyl (C=O) groups excluding carboxylic acids is 4. The van der Waals surface area contributed by atoms with Crippen molar-refractivity contribution in [1.82, 2.24) is 4.90 Å². The number of alkyl halides is 6. The Labute approximate surface area is 275 Å². The first-order valence-electron chi connectivity index (χ1n) is 13.5. The molecule has 242 valence electrons. The van der Waals surface area contributed by atoms with Gasteiger partial charge in [-0.15, -0.1) is 36.4 Å². The molecule has 3 N–H and O–H groups in total. The van der Waals surface area contributed by atoms with Gasteiger partial charge in [-0.25, -0.2) is 9.69 Å². The average Bonchev–Trinajstić information content (AvgIpc) is 3.31. The van der Waals surface area contributed by atoms with Gasteiger partial charge in [0, 0.05) is 17.5 Å². The number of phenolic OH excluding ortho intramolecular Hbond substituents is 1. The van der Waals surface area contributed by atoms with Gasteiger partial charge in [0.1, 0.15) is 22.8 Å². The van der Waals surface area contributed by atoms with Gasteiger partial charge in [-0.05, 0) is 49.1 Å². The standard InChI is InChI=1S/C29H20BrCl2F3N2O9/c30-10-36-25(44)27(31)9-17-13(21(28(27,32)26(36)45)16-8-12(2-6-18(16)38)46-29(33,34)35)4-5-15-20(17)23(41)37(22(15)40)11-1-3-14(24(42)43)19(39)7-11/h1-4,6-8,15,17,20-21,38-39H,5,9-10H2,(H,42,43). The van der Waals surface area contributed by atoms with Crippen molar-refractivity contribution in [1.29, 1.82) is 0 Å². The number of anilines is 1. The number of hydrogen-bond donors (Lipinski definition) is 3. The number of benzene rings is 2. The van der Waals surface area contributed by atoms with Gasteiger partial charge in [0.25, 0.3) is 11.8 Å². The van der Waals surface area contributed by atoms with Crippen molar-refractivity contribution in [2.45, 2.75) is 34.9 Å². The van der Waals surface area contributed by atoms with Crippen molar-refractivity contribution in [2.24, 2.45) is 17.8 Å². The van der Waals surface area contributed by atoms with Crippen molar-refractivity contribution < 1.29 is 57.2 Å². The molecule has 0 bridgehead atoms. The average molecular weight is 748 g/mol. The zero-order valence-electron chi connectivity index (χ0n) is 22.9. The van der Waals surface area contributed by atoms with E-state index in [1.165, 1.54) is 12.1 Å². The second kappa shape index (κ2) is 10.6. The smallest absolute Gasteiger partial charge is 0.508 e. The number of likely N-dealkylation sites (tertiary alicyclic amines) is 1. The van der Waals surface area contributed by atoms with E-state index in [9.17, 15) is 52.5 Å². The first kappa shape index (κ1) is 32.1. The number of carboxylic acid groups (broad SMARTS) is 1. The molecule has 2 aromatic rings. The van der Waals surface area contributed by atoms with Crippen LogP contribution in [0, 0.1) is 17.8 Å². The van der Waals surface area contributed by atoms with Crippen molar-refractivity contribution >= 4 is 74.4 Å². The third-order valence-electron chi connectivity index (χ3n) is 9.03. The number of nitrogens with zero attached hydrogens (tertiary/aromatic N) is 2. The molecule has 2 saturated heterocycles. The van der Waals surface area contributed by atoms with E-state index in [0.717, 1.165) is 40.1 Å². The maximum absolute atomic E-state index is 14.0. The van der Waals surface area contributed by atoms with E-state index in [-0.39, 0.29) is 28.7 Å². The van der Waals surface area contributed by atoms with Crippen LogP contribution in [0.25, 0.3) is 0 Å². The molecule has 6 unspecified atom stereocenters. The molecular formula is C29H20BrCl2F3N2O9. The number of amides is 4. The Hall–Kier alpha value is -3.82. The summed E-state index contributed by atoms with van der Waals surface area (Å²) in [4.78, 5) is 63.4. The summed E-state index contributed by atoms with van der Waals surface area (Å²) < 4.78 is 43.5. The minimum atomic E-state index is -5.13. The lowest BCUT2D eigenvalue weighted by Crippen LogP contribution is -2.60. The Morgan fingerprint density at radius 2 is 1.70 bits per heavy atom. The Balaban J connectivity index is 1.51. The molecule has 17 heteroatoms. The fraction of sp³-hybridized carbons (Fsp3) is 0.345. The fourth-order valence-corrected chi connectivity index (χ4v) is 8.57. The van der Waals surface area contributed by atoms with E-state index in [0.29, 0.717) is 0 Å². The molecule has 0 aromatic heterocycles. The summed E-state index contributed by atoms with van der Waals surface area (Å²) in [6.07, 6.45) is -4.18. The number of phenols is 2. The summed E-state index contributed by atoms with van der Waals surface area (Å²) in [6.45, 7) is 0. The molecule has 2 aliphatic heterocycles. The van der Waals surface area contributed by atoms with Crippen LogP contribution in [0.1, 0.15) is 34.7 Å². The summed E-state index contributed by atoms with van der Waals surface area (Å²) >= 11 is 17.2. The van der Waals surface area contributed by atoms with E-state index < -0.39 is 98.6 Å². The van der Waals surface area contributed by atoms with Crippen LogP contribution >= 0.6 is 39.1 Å². The number of rotatable bonds is 5. The van der Waals surface area contributed by atoms with Gasteiger partial charge in [0.15, 0.2) is 9.75 Å². The molecule has 46 heavy (non-hydrogen) atoms. The number of aromatic hydroxyl groups is 2. The maximum atomic E-state index is 14.0. The summed E-state index contributed by atoms with van der Waals surface area (Å²) in [6, 6.07) is 5.67. The van der Waals surface area contributed by atoms with Gasteiger partial charge < -0.3 is 20.1 Å². The molecule has 4 aliphatic rings. The molecule has 3 fully saturated rings. The normalized spacial score (nSPS) is 30.6. The molecule has 6 atom stereocenters. The highest BCUT2D eigenvalue weighted by Crippen LogP contribution is 2.66. The highest BCUT2D eigenvalue weighted by Gasteiger charge is 2.76. The summed E-state index contributed by atoms with van der Waals surface area (Å²) in [5, 5.41) is 30.4. The molecule has 11 nitrogen and oxygen atoms in total. The van der Waals surface area contributed by atoms with Crippen LogP contribution in [-0.2, 0) is 19.2 Å². The largest absolute Gasteiger partial charge is 0.573 e. The van der Waals surface area contributed by atoms with E-state index >= 15 is 0 Å². The third kappa shape index (κ3) is 4.42. The Morgan fingerprint density at radius 3 is 2.30 bits per heavy atom. The molecule has 0 radical (unpaired) electrons. The van der Waals surface area contributed by atoms with E-state index in [2.05, 4.69) is 20.7 Å². The lowest BCUT2D eigenvalue weighted by Gasteiger charge is -2.50. The number of ether oxygens (including phenoxy) is 1. The van der Waals surface area contributed by atoms with Gasteiger partial charge in [-0.1, -0.05) is 27.6 Å². The van der Waals surface area contributed by atoms with E-state index in [1.807, 2.05) is 0 Å². The van der Waals surface area contributed by atoms with Crippen LogP contribution in [0.4, 0.5) is 18.9 Å². The van der Waals surface area contributed by atoms with Crippen LogP contribution in [0.3, 0.4) is 0 Å². The Morgan fingerprint density at radius 1 is 1.00 bits per heavy atom. The second-order valence-corrected chi connectivity index (χ2v) is 13.0. The second-order valence-electron chi connectivity index (χ2n) is 11.3.